The summed E-state index contributed by atoms with van der Waals surface area (Å²) >= 11 is 11.4. The van der Waals surface area contributed by atoms with Crippen LogP contribution in [-0.2, 0) is 6.18 Å². The second-order valence-corrected chi connectivity index (χ2v) is 5.03. The lowest BCUT2D eigenvalue weighted by Crippen LogP contribution is -2.14. The van der Waals surface area contributed by atoms with Crippen LogP contribution in [0.3, 0.4) is 0 Å². The fraction of sp³-hybridized carbons (Fsp3) is 0.154. The molecule has 22 heavy (non-hydrogen) atoms. The number of nitriles is 1. The molecule has 2 rings (SSSR count). The van der Waals surface area contributed by atoms with Crippen LogP contribution < -0.4 is 0 Å². The Morgan fingerprint density at radius 3 is 2.45 bits per heavy atom. The molecule has 0 aliphatic rings. The SMILES string of the molecule is N#CC(C(=O)c1cc(Cl)c(Cl)[nH]1)c1ccc(C(F)(F)F)cn1. The van der Waals surface area contributed by atoms with Gasteiger partial charge in [-0.3, -0.25) is 9.78 Å². The second kappa shape index (κ2) is 5.99. The average molecular weight is 348 g/mol. The highest BCUT2D eigenvalue weighted by molar-refractivity contribution is 6.41. The van der Waals surface area contributed by atoms with Crippen molar-refractivity contribution in [2.75, 3.05) is 0 Å². The van der Waals surface area contributed by atoms with Gasteiger partial charge in [-0.1, -0.05) is 23.2 Å². The zero-order valence-electron chi connectivity index (χ0n) is 10.6. The lowest BCUT2D eigenvalue weighted by Gasteiger charge is -2.09. The Kier molecular flexibility index (Phi) is 4.44. The molecule has 0 aliphatic heterocycles. The monoisotopic (exact) mass is 347 g/mol. The maximum atomic E-state index is 12.5. The zero-order chi connectivity index (χ0) is 16.5. The summed E-state index contributed by atoms with van der Waals surface area (Å²) in [5.41, 5.74) is -1.09. The number of nitrogens with one attached hydrogen (secondary N) is 1. The summed E-state index contributed by atoms with van der Waals surface area (Å²) in [5.74, 6) is -2.06. The number of alkyl halides is 3. The van der Waals surface area contributed by atoms with Crippen LogP contribution in [-0.4, -0.2) is 15.8 Å². The molecule has 0 saturated heterocycles. The van der Waals surface area contributed by atoms with E-state index in [4.69, 9.17) is 28.5 Å². The molecule has 0 fully saturated rings. The Bertz CT molecular complexity index is 728. The Hall–Kier alpha value is -2.04. The van der Waals surface area contributed by atoms with E-state index in [1.54, 1.807) is 6.07 Å². The molecule has 0 radical (unpaired) electrons. The number of ketones is 1. The van der Waals surface area contributed by atoms with Crippen molar-refractivity contribution in [2.24, 2.45) is 0 Å². The summed E-state index contributed by atoms with van der Waals surface area (Å²) in [6, 6.07) is 4.69. The normalized spacial score (nSPS) is 12.7. The van der Waals surface area contributed by atoms with E-state index in [-0.39, 0.29) is 21.6 Å². The maximum Gasteiger partial charge on any atom is 0.417 e. The molecule has 1 unspecified atom stereocenters. The van der Waals surface area contributed by atoms with E-state index in [0.29, 0.717) is 6.20 Å². The van der Waals surface area contributed by atoms with Gasteiger partial charge >= 0.3 is 6.18 Å². The lowest BCUT2D eigenvalue weighted by molar-refractivity contribution is -0.137. The topological polar surface area (TPSA) is 69.5 Å². The van der Waals surface area contributed by atoms with Crippen molar-refractivity contribution in [3.8, 4) is 6.07 Å². The minimum absolute atomic E-state index is 0.0248. The predicted octanol–water partition coefficient (Wildman–Crippen LogP) is 4.23. The van der Waals surface area contributed by atoms with Gasteiger partial charge in [-0.25, -0.2) is 0 Å². The van der Waals surface area contributed by atoms with Crippen molar-refractivity contribution in [1.29, 1.82) is 5.26 Å². The summed E-state index contributed by atoms with van der Waals surface area (Å²) in [7, 11) is 0. The number of carbonyl (C=O) groups is 1. The van der Waals surface area contributed by atoms with E-state index in [1.165, 1.54) is 6.07 Å². The van der Waals surface area contributed by atoms with Gasteiger partial charge in [-0.15, -0.1) is 0 Å². The van der Waals surface area contributed by atoms with Crippen LogP contribution in [0.2, 0.25) is 10.2 Å². The Balaban J connectivity index is 2.32. The molecule has 0 aliphatic carbocycles. The van der Waals surface area contributed by atoms with E-state index < -0.39 is 23.4 Å². The van der Waals surface area contributed by atoms with Crippen LogP contribution in [0.4, 0.5) is 13.2 Å². The van der Waals surface area contributed by atoms with Gasteiger partial charge in [0.1, 0.15) is 5.15 Å². The first kappa shape index (κ1) is 16.3. The molecule has 2 aromatic heterocycles. The van der Waals surface area contributed by atoms with Gasteiger partial charge in [0.25, 0.3) is 0 Å². The first-order chi connectivity index (χ1) is 10.2. The Labute approximate surface area is 132 Å². The number of H-pyrrole nitrogens is 1. The quantitative estimate of drug-likeness (QED) is 0.844. The fourth-order valence-electron chi connectivity index (χ4n) is 1.70. The molecule has 2 aromatic rings. The van der Waals surface area contributed by atoms with Crippen LogP contribution in [0, 0.1) is 11.3 Å². The summed E-state index contributed by atoms with van der Waals surface area (Å²) in [6.45, 7) is 0. The van der Waals surface area contributed by atoms with Crippen molar-refractivity contribution in [3.63, 3.8) is 0 Å². The first-order valence-corrected chi connectivity index (χ1v) is 6.50. The van der Waals surface area contributed by atoms with Gasteiger partial charge in [-0.2, -0.15) is 18.4 Å². The minimum atomic E-state index is -4.54. The van der Waals surface area contributed by atoms with Crippen molar-refractivity contribution in [2.45, 2.75) is 12.1 Å². The molecule has 2 heterocycles. The number of Topliss-reactive ketones (excluding diaryl/α,β-unsaturated/α-hetero) is 1. The van der Waals surface area contributed by atoms with Crippen molar-refractivity contribution < 1.29 is 18.0 Å². The molecule has 0 aromatic carbocycles. The van der Waals surface area contributed by atoms with Crippen LogP contribution in [0.5, 0.6) is 0 Å². The minimum Gasteiger partial charge on any atom is -0.342 e. The van der Waals surface area contributed by atoms with Gasteiger partial charge in [0.15, 0.2) is 5.92 Å². The molecular weight excluding hydrogens is 342 g/mol. The molecule has 4 nitrogen and oxygen atoms in total. The number of nitrogens with zero attached hydrogens (tertiary/aromatic N) is 2. The van der Waals surface area contributed by atoms with Crippen molar-refractivity contribution in [3.05, 3.63) is 51.5 Å². The van der Waals surface area contributed by atoms with Gasteiger partial charge in [0, 0.05) is 6.20 Å². The summed E-state index contributed by atoms with van der Waals surface area (Å²) in [5, 5.41) is 9.23. The van der Waals surface area contributed by atoms with Gasteiger partial charge in [0.2, 0.25) is 5.78 Å². The molecular formula is C13H6Cl2F3N3O. The smallest absolute Gasteiger partial charge is 0.342 e. The van der Waals surface area contributed by atoms with E-state index in [2.05, 4.69) is 9.97 Å². The third kappa shape index (κ3) is 3.24. The highest BCUT2D eigenvalue weighted by atomic mass is 35.5. The van der Waals surface area contributed by atoms with Gasteiger partial charge in [-0.05, 0) is 18.2 Å². The van der Waals surface area contributed by atoms with Crippen LogP contribution in [0.25, 0.3) is 0 Å². The summed E-state index contributed by atoms with van der Waals surface area (Å²) in [4.78, 5) is 18.2. The fourth-order valence-corrected chi connectivity index (χ4v) is 2.01. The highest BCUT2D eigenvalue weighted by Gasteiger charge is 2.32. The Morgan fingerprint density at radius 1 is 1.36 bits per heavy atom. The predicted molar refractivity (Wildman–Crippen MR) is 72.7 cm³/mol. The number of carbonyl (C=O) groups excluding carboxylic acids is 1. The number of halogens is 5. The molecule has 0 spiro atoms. The van der Waals surface area contributed by atoms with E-state index in [1.807, 2.05) is 0 Å². The average Bonchev–Trinajstić information content (AvgIpc) is 2.79. The first-order valence-electron chi connectivity index (χ1n) is 5.75. The number of aromatic nitrogens is 2. The van der Waals surface area contributed by atoms with Gasteiger partial charge in [0.05, 0.1) is 28.0 Å². The van der Waals surface area contributed by atoms with Crippen LogP contribution >= 0.6 is 23.2 Å². The number of rotatable bonds is 3. The second-order valence-electron chi connectivity index (χ2n) is 4.24. The highest BCUT2D eigenvalue weighted by Crippen LogP contribution is 2.30. The van der Waals surface area contributed by atoms with Crippen LogP contribution in [0.1, 0.15) is 27.7 Å². The van der Waals surface area contributed by atoms with Gasteiger partial charge < -0.3 is 4.98 Å². The van der Waals surface area contributed by atoms with Crippen molar-refractivity contribution in [1.82, 2.24) is 9.97 Å². The molecule has 0 amide bonds. The molecule has 0 saturated carbocycles. The third-order valence-corrected chi connectivity index (χ3v) is 3.48. The number of aromatic amines is 1. The van der Waals surface area contributed by atoms with E-state index in [9.17, 15) is 18.0 Å². The zero-order valence-corrected chi connectivity index (χ0v) is 12.1. The third-order valence-electron chi connectivity index (χ3n) is 2.79. The number of hydrogen-bond acceptors (Lipinski definition) is 3. The van der Waals surface area contributed by atoms with Crippen LogP contribution in [0.15, 0.2) is 24.4 Å². The Morgan fingerprint density at radius 2 is 2.05 bits per heavy atom. The summed E-state index contributed by atoms with van der Waals surface area (Å²) < 4.78 is 37.4. The lowest BCUT2D eigenvalue weighted by atomic mass is 9.98. The maximum absolute atomic E-state index is 12.5. The molecule has 1 N–H and O–H groups in total. The van der Waals surface area contributed by atoms with E-state index in [0.717, 1.165) is 12.1 Å². The molecule has 0 bridgehead atoms. The summed E-state index contributed by atoms with van der Waals surface area (Å²) in [6.07, 6.45) is -3.97. The van der Waals surface area contributed by atoms with E-state index >= 15 is 0 Å². The molecule has 114 valence electrons. The number of hydrogen-bond donors (Lipinski definition) is 1. The number of pyridine rings is 1. The molecule has 1 atom stereocenters. The molecule has 9 heteroatoms. The van der Waals surface area contributed by atoms with Crippen molar-refractivity contribution >= 4 is 29.0 Å². The standard InChI is InChI=1S/C13H6Cl2F3N3O/c14-8-3-10(21-12(8)15)11(22)7(4-19)9-2-1-6(5-20-9)13(16,17)18/h1-3,5,7,21H. The largest absolute Gasteiger partial charge is 0.417 e.